The predicted molar refractivity (Wildman–Crippen MR) is 116 cm³/mol. The quantitative estimate of drug-likeness (QED) is 0.567. The van der Waals surface area contributed by atoms with Gasteiger partial charge in [-0.1, -0.05) is 13.3 Å². The van der Waals surface area contributed by atoms with Gasteiger partial charge in [0.15, 0.2) is 5.82 Å². The van der Waals surface area contributed by atoms with Crippen LogP contribution in [-0.2, 0) is 9.73 Å². The number of fused-ring (bicyclic) bond motifs is 1. The summed E-state index contributed by atoms with van der Waals surface area (Å²) in [6.07, 6.45) is 5.06. The first-order valence-electron chi connectivity index (χ1n) is 10.0. The van der Waals surface area contributed by atoms with Crippen molar-refractivity contribution in [1.29, 1.82) is 4.78 Å². The van der Waals surface area contributed by atoms with Gasteiger partial charge in [-0.2, -0.15) is 5.10 Å². The third-order valence-electron chi connectivity index (χ3n) is 5.89. The van der Waals surface area contributed by atoms with E-state index in [1.165, 1.54) is 12.8 Å². The van der Waals surface area contributed by atoms with Gasteiger partial charge in [0.25, 0.3) is 5.56 Å². The number of rotatable bonds is 5. The van der Waals surface area contributed by atoms with E-state index in [1.54, 1.807) is 44.3 Å². The molecule has 154 valence electrons. The van der Waals surface area contributed by atoms with Gasteiger partial charge in [-0.15, -0.1) is 0 Å². The van der Waals surface area contributed by atoms with Gasteiger partial charge in [0.05, 0.1) is 21.3 Å². The summed E-state index contributed by atoms with van der Waals surface area (Å²) in [4.78, 5) is 15.8. The summed E-state index contributed by atoms with van der Waals surface area (Å²) in [6.45, 7) is 5.81. The summed E-state index contributed by atoms with van der Waals surface area (Å²) in [5.41, 5.74) is 1.40. The van der Waals surface area contributed by atoms with Gasteiger partial charge in [-0.05, 0) is 62.9 Å². The third kappa shape index (κ3) is 3.46. The number of benzene rings is 1. The number of hydrogen-bond donors (Lipinski definition) is 3. The Morgan fingerprint density at radius 1 is 1.24 bits per heavy atom. The third-order valence-corrected chi connectivity index (χ3v) is 8.19. The Kier molecular flexibility index (Phi) is 4.98. The van der Waals surface area contributed by atoms with Crippen molar-refractivity contribution in [3.63, 3.8) is 0 Å². The summed E-state index contributed by atoms with van der Waals surface area (Å²) >= 11 is 0. The Labute approximate surface area is 170 Å². The van der Waals surface area contributed by atoms with Crippen LogP contribution in [0.2, 0.25) is 0 Å². The molecule has 0 amide bonds. The van der Waals surface area contributed by atoms with Gasteiger partial charge in [-0.3, -0.25) is 9.48 Å². The molecule has 1 fully saturated rings. The van der Waals surface area contributed by atoms with Crippen LogP contribution in [0.5, 0.6) is 0 Å². The number of nitrogens with zero attached hydrogens (tertiary/aromatic N) is 2. The summed E-state index contributed by atoms with van der Waals surface area (Å²) in [7, 11) is -2.82. The maximum Gasteiger partial charge on any atom is 0.261 e. The molecule has 4 rings (SSSR count). The second-order valence-electron chi connectivity index (χ2n) is 8.13. The van der Waals surface area contributed by atoms with E-state index >= 15 is 0 Å². The zero-order valence-electron chi connectivity index (χ0n) is 16.9. The number of H-pyrrole nitrogens is 1. The molecule has 29 heavy (non-hydrogen) atoms. The zero-order valence-corrected chi connectivity index (χ0v) is 17.8. The summed E-state index contributed by atoms with van der Waals surface area (Å²) < 4.78 is 22.7. The van der Waals surface area contributed by atoms with Crippen molar-refractivity contribution in [3.8, 4) is 0 Å². The van der Waals surface area contributed by atoms with Crippen LogP contribution in [0.1, 0.15) is 46.1 Å². The molecule has 3 aromatic rings. The molecule has 1 aliphatic carbocycles. The van der Waals surface area contributed by atoms with Crippen molar-refractivity contribution in [2.24, 2.45) is 5.92 Å². The Balaban J connectivity index is 1.73. The average Bonchev–Trinajstić information content (AvgIpc) is 3.26. The predicted octanol–water partition coefficient (Wildman–Crippen LogP) is 4.64. The first kappa shape index (κ1) is 19.7. The molecule has 0 aliphatic heterocycles. The fourth-order valence-corrected chi connectivity index (χ4v) is 5.16. The van der Waals surface area contributed by atoms with Crippen molar-refractivity contribution in [2.75, 3.05) is 5.32 Å². The molecule has 3 N–H and O–H groups in total. The number of pyridine rings is 1. The van der Waals surface area contributed by atoms with Gasteiger partial charge >= 0.3 is 0 Å². The Morgan fingerprint density at radius 2 is 1.97 bits per heavy atom. The highest BCUT2D eigenvalue weighted by molar-refractivity contribution is 7.93. The molecule has 0 bridgehead atoms. The summed E-state index contributed by atoms with van der Waals surface area (Å²) in [5, 5.41) is 8.30. The molecule has 1 aliphatic rings. The molecule has 2 heterocycles. The Morgan fingerprint density at radius 3 is 2.59 bits per heavy atom. The second kappa shape index (κ2) is 7.33. The maximum absolute atomic E-state index is 12.5. The molecule has 7 nitrogen and oxygen atoms in total. The van der Waals surface area contributed by atoms with E-state index in [0.717, 1.165) is 17.6 Å². The van der Waals surface area contributed by atoms with E-state index in [2.05, 4.69) is 17.2 Å². The monoisotopic (exact) mass is 413 g/mol. The highest BCUT2D eigenvalue weighted by Gasteiger charge is 2.28. The maximum atomic E-state index is 12.5. The van der Waals surface area contributed by atoms with Gasteiger partial charge in [-0.25, -0.2) is 8.99 Å². The van der Waals surface area contributed by atoms with Crippen LogP contribution in [0, 0.1) is 10.7 Å². The van der Waals surface area contributed by atoms with Crippen LogP contribution in [0.25, 0.3) is 10.9 Å². The van der Waals surface area contributed by atoms with E-state index in [0.29, 0.717) is 22.0 Å². The Bertz CT molecular complexity index is 1190. The molecule has 0 radical (unpaired) electrons. The molecule has 1 aromatic carbocycles. The van der Waals surface area contributed by atoms with Crippen molar-refractivity contribution in [1.82, 2.24) is 14.8 Å². The van der Waals surface area contributed by atoms with Gasteiger partial charge < -0.3 is 10.3 Å². The molecule has 0 saturated heterocycles. The van der Waals surface area contributed by atoms with E-state index in [1.807, 2.05) is 10.7 Å². The van der Waals surface area contributed by atoms with E-state index < -0.39 is 9.73 Å². The van der Waals surface area contributed by atoms with E-state index in [4.69, 9.17) is 9.88 Å². The van der Waals surface area contributed by atoms with Crippen molar-refractivity contribution in [2.45, 2.75) is 56.2 Å². The van der Waals surface area contributed by atoms with Crippen molar-refractivity contribution < 1.29 is 4.21 Å². The highest BCUT2D eigenvalue weighted by Crippen LogP contribution is 2.38. The molecule has 1 saturated carbocycles. The van der Waals surface area contributed by atoms with E-state index in [-0.39, 0.29) is 16.9 Å². The molecule has 3 unspecified atom stereocenters. The molecule has 2 aromatic heterocycles. The van der Waals surface area contributed by atoms with Crippen molar-refractivity contribution in [3.05, 3.63) is 46.9 Å². The minimum atomic E-state index is -2.82. The normalized spacial score (nSPS) is 21.5. The minimum absolute atomic E-state index is 0.174. The zero-order chi connectivity index (χ0) is 20.8. The Hall–Kier alpha value is -2.61. The fourth-order valence-electron chi connectivity index (χ4n) is 4.08. The lowest BCUT2D eigenvalue weighted by Crippen LogP contribution is -2.13. The van der Waals surface area contributed by atoms with E-state index in [9.17, 15) is 9.00 Å². The molecule has 8 heteroatoms. The largest absolute Gasteiger partial charge is 0.338 e. The minimum Gasteiger partial charge on any atom is -0.338 e. The second-order valence-corrected chi connectivity index (χ2v) is 10.8. The topological polar surface area (TPSA) is 104 Å². The van der Waals surface area contributed by atoms with Crippen molar-refractivity contribution >= 4 is 32.1 Å². The summed E-state index contributed by atoms with van der Waals surface area (Å²) in [6, 6.07) is 9.18. The van der Waals surface area contributed by atoms with Crippen LogP contribution < -0.4 is 10.9 Å². The summed E-state index contributed by atoms with van der Waals surface area (Å²) in [5.74, 6) is 1.04. The van der Waals surface area contributed by atoms with Crippen LogP contribution in [0.15, 0.2) is 46.2 Å². The molecular formula is C21H27N5O2S. The first-order chi connectivity index (χ1) is 13.8. The molecule has 0 spiro atoms. The SMILES string of the molecule is CC1CCCC1n1nc(Nc2ccc(S(=N)(=O)C(C)C)cc2)c2c(=O)[nH]ccc21. The lowest BCUT2D eigenvalue weighted by atomic mass is 10.1. The number of hydrogen-bond acceptors (Lipinski definition) is 5. The van der Waals surface area contributed by atoms with Crippen LogP contribution >= 0.6 is 0 Å². The lowest BCUT2D eigenvalue weighted by molar-refractivity contribution is 0.386. The number of anilines is 2. The number of nitrogens with one attached hydrogen (secondary N) is 3. The number of aromatic amines is 1. The average molecular weight is 414 g/mol. The molecular weight excluding hydrogens is 386 g/mol. The van der Waals surface area contributed by atoms with Gasteiger partial charge in [0.2, 0.25) is 0 Å². The molecule has 3 atom stereocenters. The van der Waals surface area contributed by atoms with Crippen LogP contribution in [0.3, 0.4) is 0 Å². The number of aromatic nitrogens is 3. The lowest BCUT2D eigenvalue weighted by Gasteiger charge is -2.16. The van der Waals surface area contributed by atoms with Crippen LogP contribution in [0.4, 0.5) is 11.5 Å². The van der Waals surface area contributed by atoms with Gasteiger partial charge in [0, 0.05) is 22.0 Å². The highest BCUT2D eigenvalue weighted by atomic mass is 32.2. The smallest absolute Gasteiger partial charge is 0.261 e. The first-order valence-corrected chi connectivity index (χ1v) is 11.7. The fraction of sp³-hybridized carbons (Fsp3) is 0.429. The standard InChI is InChI=1S/C21H27N5O2S/c1-13(2)29(22,28)16-9-7-15(8-10-16)24-20-19-18(11-12-23-21(19)27)26(25-20)17-6-4-5-14(17)3/h7-14,17,22H,4-6H2,1-3H3,(H,23,27)(H,24,25). The van der Waals surface area contributed by atoms with Crippen LogP contribution in [-0.4, -0.2) is 24.2 Å². The van der Waals surface area contributed by atoms with Gasteiger partial charge in [0.1, 0.15) is 5.39 Å².